The van der Waals surface area contributed by atoms with Crippen molar-refractivity contribution in [1.82, 2.24) is 19.5 Å². The minimum atomic E-state index is -2.08. The second-order valence-corrected chi connectivity index (χ2v) is 18.4. The van der Waals surface area contributed by atoms with Crippen molar-refractivity contribution in [2.24, 2.45) is 0 Å². The van der Waals surface area contributed by atoms with Crippen molar-refractivity contribution in [2.45, 2.75) is 33.4 Å². The number of aryl methyl sites for hydroxylation is 2. The van der Waals surface area contributed by atoms with E-state index in [2.05, 4.69) is 113 Å². The fraction of sp³-hybridized carbons (Fsp3) is 0.125. The number of benzene rings is 4. The normalized spacial score (nSPS) is 12.6. The maximum absolute atomic E-state index is 7.35. The van der Waals surface area contributed by atoms with Crippen LogP contribution < -0.4 is 5.19 Å². The molecule has 4 heterocycles. The molecule has 0 saturated carbocycles. The van der Waals surface area contributed by atoms with Crippen LogP contribution >= 0.6 is 11.3 Å². The van der Waals surface area contributed by atoms with Crippen LogP contribution in [-0.2, 0) is 20.1 Å². The third kappa shape index (κ3) is 6.62. The molecule has 0 aliphatic rings. The van der Waals surface area contributed by atoms with Gasteiger partial charge in [0, 0.05) is 47.0 Å². The van der Waals surface area contributed by atoms with E-state index in [0.29, 0.717) is 5.56 Å². The van der Waals surface area contributed by atoms with Gasteiger partial charge in [-0.15, -0.1) is 59.2 Å². The Morgan fingerprint density at radius 3 is 2.30 bits per heavy atom. The third-order valence-electron chi connectivity index (χ3n) is 8.03. The van der Waals surface area contributed by atoms with Crippen LogP contribution in [-0.4, -0.2) is 27.6 Å². The zero-order chi connectivity index (χ0) is 34.3. The van der Waals surface area contributed by atoms with Crippen LogP contribution in [0.3, 0.4) is 0 Å². The summed E-state index contributed by atoms with van der Waals surface area (Å²) in [7, 11) is -1.34. The third-order valence-corrected chi connectivity index (χ3v) is 11.2. The zero-order valence-electron chi connectivity index (χ0n) is 29.5. The van der Waals surface area contributed by atoms with Crippen LogP contribution in [0.4, 0.5) is 0 Å². The molecule has 4 aromatic carbocycles. The molecule has 4 nitrogen and oxygen atoms in total. The Labute approximate surface area is 298 Å². The van der Waals surface area contributed by atoms with Gasteiger partial charge in [0.05, 0.1) is 30.6 Å². The first-order chi connectivity index (χ1) is 23.5. The zero-order valence-corrected chi connectivity index (χ0v) is 30.7. The SMILES string of the molecule is Cc1nccc2nc(-c3[c-]cc4sc5ccccc5c4c3)n(-c3ccccc3)c12.[2H]C([2H])([2H])c1c[c-]c(-c2ccc([Si](C)(C)C)cn2)cc1.[Ir]. The molecule has 0 unspecified atom stereocenters. The van der Waals surface area contributed by atoms with Crippen molar-refractivity contribution < 1.29 is 24.2 Å². The van der Waals surface area contributed by atoms with Crippen molar-refractivity contribution in [3.63, 3.8) is 0 Å². The summed E-state index contributed by atoms with van der Waals surface area (Å²) in [5.41, 5.74) is 6.96. The first-order valence-corrected chi connectivity index (χ1v) is 19.5. The molecular formula is C40H34IrN4SSi-2. The van der Waals surface area contributed by atoms with Crippen LogP contribution in [0.1, 0.15) is 15.4 Å². The van der Waals surface area contributed by atoms with E-state index < -0.39 is 14.9 Å². The summed E-state index contributed by atoms with van der Waals surface area (Å²) >= 11 is 1.81. The molecule has 0 atom stereocenters. The van der Waals surface area contributed by atoms with E-state index in [-0.39, 0.29) is 20.1 Å². The van der Waals surface area contributed by atoms with E-state index >= 15 is 0 Å². The van der Waals surface area contributed by atoms with E-state index in [0.717, 1.165) is 45.1 Å². The first-order valence-electron chi connectivity index (χ1n) is 16.7. The summed E-state index contributed by atoms with van der Waals surface area (Å²) in [5, 5.41) is 3.84. The molecule has 47 heavy (non-hydrogen) atoms. The Hall–Kier alpha value is -4.26. The van der Waals surface area contributed by atoms with E-state index in [1.54, 1.807) is 23.5 Å². The van der Waals surface area contributed by atoms with Gasteiger partial charge < -0.3 is 9.55 Å². The molecule has 0 fully saturated rings. The molecule has 8 aromatic rings. The second kappa shape index (κ2) is 13.5. The van der Waals surface area contributed by atoms with Crippen LogP contribution in [0.15, 0.2) is 116 Å². The largest absolute Gasteiger partial charge is 0.332 e. The Balaban J connectivity index is 0.000000182. The average molecular weight is 826 g/mol. The van der Waals surface area contributed by atoms with Crippen molar-refractivity contribution in [1.29, 1.82) is 0 Å². The number of para-hydroxylation sites is 1. The molecule has 1 radical (unpaired) electrons. The first kappa shape index (κ1) is 28.9. The van der Waals surface area contributed by atoms with Gasteiger partial charge in [0.15, 0.2) is 0 Å². The Morgan fingerprint density at radius 1 is 0.787 bits per heavy atom. The molecular weight excluding hydrogens is 789 g/mol. The molecule has 4 aromatic heterocycles. The predicted molar refractivity (Wildman–Crippen MR) is 197 cm³/mol. The maximum Gasteiger partial charge on any atom is 0.0851 e. The molecule has 0 saturated heterocycles. The Bertz CT molecular complexity index is 2360. The molecule has 0 spiro atoms. The van der Waals surface area contributed by atoms with Gasteiger partial charge in [-0.2, -0.15) is 11.3 Å². The fourth-order valence-electron chi connectivity index (χ4n) is 5.57. The number of fused-ring (bicyclic) bond motifs is 4. The van der Waals surface area contributed by atoms with Gasteiger partial charge >= 0.3 is 0 Å². The summed E-state index contributed by atoms with van der Waals surface area (Å²) in [6.45, 7) is 6.79. The minimum absolute atomic E-state index is 0. The number of hydrogen-bond acceptors (Lipinski definition) is 4. The molecule has 0 N–H and O–H groups in total. The number of imidazole rings is 1. The summed E-state index contributed by atoms with van der Waals surface area (Å²) in [6, 6.07) is 40.7. The molecule has 0 bridgehead atoms. The van der Waals surface area contributed by atoms with Crippen LogP contribution in [0.5, 0.6) is 0 Å². The fourth-order valence-corrected chi connectivity index (χ4v) is 7.67. The summed E-state index contributed by atoms with van der Waals surface area (Å²) < 4.78 is 26.8. The Morgan fingerprint density at radius 2 is 1.57 bits per heavy atom. The quantitative estimate of drug-likeness (QED) is 0.131. The summed E-state index contributed by atoms with van der Waals surface area (Å²) in [4.78, 5) is 14.0. The monoisotopic (exact) mass is 826 g/mol. The van der Waals surface area contributed by atoms with Gasteiger partial charge in [-0.25, -0.2) is 0 Å². The van der Waals surface area contributed by atoms with Crippen molar-refractivity contribution >= 4 is 55.8 Å². The Kier molecular flexibility index (Phi) is 8.28. The van der Waals surface area contributed by atoms with Crippen molar-refractivity contribution in [3.05, 3.63) is 139 Å². The van der Waals surface area contributed by atoms with Gasteiger partial charge in [-0.1, -0.05) is 80.4 Å². The standard InChI is InChI=1S/C25H16N3S.C15H18NSi.Ir/c1-16-24-21(13-14-26-16)27-25(28(24)18-7-3-2-4-8-18)17-11-12-23-20(15-17)19-9-5-6-10-22(19)29-23;1-12-5-7-13(8-6-12)15-10-9-14(11-16-15)17(2,3)4;/h2-10,12-15H,1H3;5-7,9-11H,1-4H3;/q2*-1;/i;1D3;. The topological polar surface area (TPSA) is 43.6 Å². The molecule has 7 heteroatoms. The van der Waals surface area contributed by atoms with Crippen LogP contribution in [0, 0.1) is 25.9 Å². The van der Waals surface area contributed by atoms with E-state index in [1.165, 1.54) is 31.4 Å². The van der Waals surface area contributed by atoms with E-state index in [4.69, 9.17) is 9.10 Å². The van der Waals surface area contributed by atoms with Crippen molar-refractivity contribution in [3.8, 4) is 28.3 Å². The van der Waals surface area contributed by atoms with Crippen LogP contribution in [0.2, 0.25) is 19.6 Å². The summed E-state index contributed by atoms with van der Waals surface area (Å²) in [5.74, 6) is 0.888. The minimum Gasteiger partial charge on any atom is -0.332 e. The van der Waals surface area contributed by atoms with Gasteiger partial charge in [-0.3, -0.25) is 9.97 Å². The molecule has 0 amide bonds. The van der Waals surface area contributed by atoms with Gasteiger partial charge in [-0.05, 0) is 52.2 Å². The number of rotatable bonds is 4. The molecule has 8 rings (SSSR count). The van der Waals surface area contributed by atoms with Gasteiger partial charge in [0.2, 0.25) is 0 Å². The number of hydrogen-bond donors (Lipinski definition) is 0. The average Bonchev–Trinajstić information content (AvgIpc) is 3.68. The number of aromatic nitrogens is 4. The number of thiophene rings is 1. The predicted octanol–water partition coefficient (Wildman–Crippen LogP) is 9.96. The van der Waals surface area contributed by atoms with Crippen LogP contribution in [0.25, 0.3) is 59.5 Å². The molecule has 0 aliphatic heterocycles. The molecule has 235 valence electrons. The number of nitrogens with zero attached hydrogens (tertiary/aromatic N) is 4. The van der Waals surface area contributed by atoms with Crippen molar-refractivity contribution in [2.75, 3.05) is 0 Å². The van der Waals surface area contributed by atoms with Gasteiger partial charge in [0.1, 0.15) is 0 Å². The smallest absolute Gasteiger partial charge is 0.0851 e. The van der Waals surface area contributed by atoms with E-state index in [1.807, 2.05) is 37.5 Å². The second-order valence-electron chi connectivity index (χ2n) is 12.3. The number of pyridine rings is 2. The molecule has 0 aliphatic carbocycles. The maximum atomic E-state index is 7.35. The summed E-state index contributed by atoms with van der Waals surface area (Å²) in [6.07, 6.45) is 3.75. The van der Waals surface area contributed by atoms with E-state index in [9.17, 15) is 0 Å². The van der Waals surface area contributed by atoms with Gasteiger partial charge in [0.25, 0.3) is 0 Å².